The first-order valence-corrected chi connectivity index (χ1v) is 14.2. The lowest BCUT2D eigenvalue weighted by Crippen LogP contribution is -2.48. The molecule has 1 aliphatic heterocycles. The summed E-state index contributed by atoms with van der Waals surface area (Å²) in [5, 5.41) is 4.97. The molecule has 0 aliphatic carbocycles. The lowest BCUT2D eigenvalue weighted by molar-refractivity contribution is -0.0359. The third kappa shape index (κ3) is 7.85. The van der Waals surface area contributed by atoms with E-state index in [4.69, 9.17) is 14.2 Å². The zero-order valence-corrected chi connectivity index (χ0v) is 24.3. The number of hydrogen-bond donors (Lipinski definition) is 1. The monoisotopic (exact) mass is 567 g/mol. The number of ether oxygens (including phenoxy) is 3. The quantitative estimate of drug-likeness (QED) is 0.252. The molecule has 1 saturated heterocycles. The fourth-order valence-electron chi connectivity index (χ4n) is 5.08. The molecule has 8 heteroatoms. The summed E-state index contributed by atoms with van der Waals surface area (Å²) in [6.45, 7) is 7.21. The molecule has 0 bridgehead atoms. The van der Waals surface area contributed by atoms with Crippen LogP contribution in [0.4, 0.5) is 15.4 Å². The van der Waals surface area contributed by atoms with Gasteiger partial charge in [0.05, 0.1) is 19.3 Å². The third-order valence-corrected chi connectivity index (χ3v) is 7.16. The Bertz CT molecular complexity index is 1500. The number of anilines is 1. The first kappa shape index (κ1) is 29.1. The van der Waals surface area contributed by atoms with E-state index in [-0.39, 0.29) is 24.7 Å². The predicted molar refractivity (Wildman–Crippen MR) is 162 cm³/mol. The fraction of sp³-hybridized carbons (Fsp3) is 0.324. The van der Waals surface area contributed by atoms with Crippen LogP contribution in [0.2, 0.25) is 0 Å². The lowest BCUT2D eigenvalue weighted by atomic mass is 9.86. The summed E-state index contributed by atoms with van der Waals surface area (Å²) in [7, 11) is 0. The number of nitrogens with zero attached hydrogens (tertiary/aromatic N) is 2. The highest BCUT2D eigenvalue weighted by Crippen LogP contribution is 2.32. The largest absolute Gasteiger partial charge is 0.444 e. The number of fused-ring (bicyclic) bond motifs is 1. The second-order valence-electron chi connectivity index (χ2n) is 11.5. The Morgan fingerprint density at radius 1 is 0.905 bits per heavy atom. The van der Waals surface area contributed by atoms with Gasteiger partial charge in [-0.1, -0.05) is 66.7 Å². The Hall–Kier alpha value is -4.43. The molecule has 4 aromatic rings. The minimum Gasteiger partial charge on any atom is -0.444 e. The van der Waals surface area contributed by atoms with Gasteiger partial charge in [0.1, 0.15) is 18.0 Å². The van der Waals surface area contributed by atoms with E-state index >= 15 is 0 Å². The molecule has 0 saturated carbocycles. The maximum Gasteiger partial charge on any atom is 0.413 e. The Morgan fingerprint density at radius 2 is 1.64 bits per heavy atom. The molecule has 218 valence electrons. The van der Waals surface area contributed by atoms with Crippen LogP contribution in [0.15, 0.2) is 91.1 Å². The highest BCUT2D eigenvalue weighted by atomic mass is 16.6. The molecule has 2 heterocycles. The van der Waals surface area contributed by atoms with Gasteiger partial charge in [-0.05, 0) is 72.9 Å². The zero-order valence-electron chi connectivity index (χ0n) is 24.3. The number of benzene rings is 3. The van der Waals surface area contributed by atoms with Gasteiger partial charge in [-0.2, -0.15) is 0 Å². The standard InChI is InChI=1S/C34H37N3O5/c1-34(2,3)42-33(39)37-19-17-29(30(21-37)40-23-25-13-14-26-8-4-5-9-28(26)20-25)27-15-11-24(12-16-27)22-41-32(38)36-31-10-6-7-18-35-31/h4-16,18,20,29-30H,17,19,21-23H2,1-3H3,(H,35,36,38). The highest BCUT2D eigenvalue weighted by Gasteiger charge is 2.35. The maximum absolute atomic E-state index is 12.9. The number of amides is 2. The number of aromatic nitrogens is 1. The van der Waals surface area contributed by atoms with Gasteiger partial charge in [-0.25, -0.2) is 14.6 Å². The molecular formula is C34H37N3O5. The van der Waals surface area contributed by atoms with Crippen LogP contribution < -0.4 is 5.32 Å². The Labute approximate surface area is 246 Å². The number of rotatable bonds is 7. The fourth-order valence-corrected chi connectivity index (χ4v) is 5.08. The Morgan fingerprint density at radius 3 is 2.38 bits per heavy atom. The van der Waals surface area contributed by atoms with Gasteiger partial charge in [0.15, 0.2) is 0 Å². The molecule has 2 unspecified atom stereocenters. The van der Waals surface area contributed by atoms with Crippen LogP contribution >= 0.6 is 0 Å². The summed E-state index contributed by atoms with van der Waals surface area (Å²) in [5.74, 6) is 0.525. The van der Waals surface area contributed by atoms with E-state index in [1.54, 1.807) is 29.3 Å². The summed E-state index contributed by atoms with van der Waals surface area (Å²) >= 11 is 0. The minimum atomic E-state index is -0.568. The number of carbonyl (C=O) groups is 2. The van der Waals surface area contributed by atoms with Gasteiger partial charge >= 0.3 is 12.2 Å². The van der Waals surface area contributed by atoms with Crippen LogP contribution in [0, 0.1) is 0 Å². The molecule has 1 fully saturated rings. The van der Waals surface area contributed by atoms with Crippen LogP contribution in [0.25, 0.3) is 10.8 Å². The number of piperidine rings is 1. The van der Waals surface area contributed by atoms with E-state index < -0.39 is 11.7 Å². The van der Waals surface area contributed by atoms with Crippen molar-refractivity contribution in [2.75, 3.05) is 18.4 Å². The average molecular weight is 568 g/mol. The molecular weight excluding hydrogens is 530 g/mol. The van der Waals surface area contributed by atoms with Gasteiger partial charge in [0, 0.05) is 18.7 Å². The summed E-state index contributed by atoms with van der Waals surface area (Å²) in [5.41, 5.74) is 2.50. The molecule has 5 rings (SSSR count). The van der Waals surface area contributed by atoms with Gasteiger partial charge in [0.2, 0.25) is 0 Å². The molecule has 3 aromatic carbocycles. The summed E-state index contributed by atoms with van der Waals surface area (Å²) in [6, 6.07) is 27.9. The van der Waals surface area contributed by atoms with E-state index in [0.29, 0.717) is 25.5 Å². The number of hydrogen-bond acceptors (Lipinski definition) is 6. The van der Waals surface area contributed by atoms with Crippen molar-refractivity contribution in [3.63, 3.8) is 0 Å². The summed E-state index contributed by atoms with van der Waals surface area (Å²) in [6.07, 6.45) is 1.24. The molecule has 1 aliphatic rings. The third-order valence-electron chi connectivity index (χ3n) is 7.16. The highest BCUT2D eigenvalue weighted by molar-refractivity contribution is 5.83. The van der Waals surface area contributed by atoms with E-state index in [2.05, 4.69) is 52.8 Å². The van der Waals surface area contributed by atoms with E-state index in [9.17, 15) is 9.59 Å². The van der Waals surface area contributed by atoms with Crippen LogP contribution in [-0.4, -0.2) is 46.9 Å². The smallest absolute Gasteiger partial charge is 0.413 e. The number of pyridine rings is 1. The molecule has 1 N–H and O–H groups in total. The first-order valence-electron chi connectivity index (χ1n) is 14.2. The van der Waals surface area contributed by atoms with Crippen LogP contribution in [0.3, 0.4) is 0 Å². The van der Waals surface area contributed by atoms with E-state index in [1.807, 2.05) is 45.0 Å². The SMILES string of the molecule is CC(C)(C)OC(=O)N1CCC(c2ccc(COC(=O)Nc3ccccn3)cc2)C(OCc2ccc3ccccc3c2)C1. The summed E-state index contributed by atoms with van der Waals surface area (Å²) < 4.78 is 17.6. The van der Waals surface area contributed by atoms with Crippen molar-refractivity contribution in [2.24, 2.45) is 0 Å². The number of nitrogens with one attached hydrogen (secondary N) is 1. The molecule has 2 atom stereocenters. The van der Waals surface area contributed by atoms with Gasteiger partial charge in [0.25, 0.3) is 0 Å². The molecule has 0 spiro atoms. The van der Waals surface area contributed by atoms with Gasteiger partial charge in [-0.3, -0.25) is 5.32 Å². The molecule has 8 nitrogen and oxygen atoms in total. The van der Waals surface area contributed by atoms with Crippen molar-refractivity contribution >= 4 is 28.8 Å². The second kappa shape index (κ2) is 13.0. The van der Waals surface area contributed by atoms with Crippen molar-refractivity contribution in [2.45, 2.75) is 58.0 Å². The van der Waals surface area contributed by atoms with Crippen LogP contribution in [0.1, 0.15) is 49.8 Å². The van der Waals surface area contributed by atoms with Crippen molar-refractivity contribution in [1.29, 1.82) is 0 Å². The molecule has 1 aromatic heterocycles. The number of carbonyl (C=O) groups excluding carboxylic acids is 2. The zero-order chi connectivity index (χ0) is 29.5. The normalized spacial score (nSPS) is 17.1. The van der Waals surface area contributed by atoms with E-state index in [1.165, 1.54) is 10.8 Å². The summed E-state index contributed by atoms with van der Waals surface area (Å²) in [4.78, 5) is 30.9. The Balaban J connectivity index is 1.25. The molecule has 2 amide bonds. The van der Waals surface area contributed by atoms with Crippen LogP contribution in [-0.2, 0) is 27.4 Å². The van der Waals surface area contributed by atoms with Crippen molar-refractivity contribution < 1.29 is 23.8 Å². The predicted octanol–water partition coefficient (Wildman–Crippen LogP) is 7.29. The maximum atomic E-state index is 12.9. The van der Waals surface area contributed by atoms with Crippen molar-refractivity contribution in [1.82, 2.24) is 9.88 Å². The Kier molecular flexibility index (Phi) is 9.03. The van der Waals surface area contributed by atoms with Crippen molar-refractivity contribution in [3.8, 4) is 0 Å². The van der Waals surface area contributed by atoms with E-state index in [0.717, 1.165) is 23.1 Å². The molecule has 42 heavy (non-hydrogen) atoms. The topological polar surface area (TPSA) is 90.0 Å². The van der Waals surface area contributed by atoms with Gasteiger partial charge in [-0.15, -0.1) is 0 Å². The van der Waals surface area contributed by atoms with Crippen molar-refractivity contribution in [3.05, 3.63) is 108 Å². The van der Waals surface area contributed by atoms with Crippen LogP contribution in [0.5, 0.6) is 0 Å². The average Bonchev–Trinajstić information content (AvgIpc) is 2.99. The first-order chi connectivity index (χ1) is 20.2. The number of likely N-dealkylation sites (tertiary alicyclic amines) is 1. The molecule has 0 radical (unpaired) electrons. The second-order valence-corrected chi connectivity index (χ2v) is 11.5. The lowest BCUT2D eigenvalue weighted by Gasteiger charge is -2.39. The minimum absolute atomic E-state index is 0.0894. The van der Waals surface area contributed by atoms with Gasteiger partial charge < -0.3 is 19.1 Å².